The van der Waals surface area contributed by atoms with Crippen molar-refractivity contribution in [3.05, 3.63) is 16.0 Å². The summed E-state index contributed by atoms with van der Waals surface area (Å²) in [7, 11) is 0. The van der Waals surface area contributed by atoms with Crippen molar-refractivity contribution in [2.24, 2.45) is 11.0 Å². The summed E-state index contributed by atoms with van der Waals surface area (Å²) in [6, 6.07) is 0. The van der Waals surface area contributed by atoms with Gasteiger partial charge in [0.05, 0.1) is 12.2 Å². The molecule has 162 valence electrons. The minimum absolute atomic E-state index is 0.0574. The van der Waals surface area contributed by atoms with Gasteiger partial charge in [-0.25, -0.2) is 15.0 Å². The van der Waals surface area contributed by atoms with Crippen molar-refractivity contribution >= 4 is 45.8 Å². The Morgan fingerprint density at radius 1 is 1.27 bits per heavy atom. The van der Waals surface area contributed by atoms with Crippen molar-refractivity contribution in [2.45, 2.75) is 59.0 Å². The summed E-state index contributed by atoms with van der Waals surface area (Å²) in [6.07, 6.45) is 1.76. The lowest BCUT2D eigenvalue weighted by Gasteiger charge is -2.18. The van der Waals surface area contributed by atoms with E-state index in [2.05, 4.69) is 22.8 Å². The molecule has 30 heavy (non-hydrogen) atoms. The Morgan fingerprint density at radius 2 is 2.03 bits per heavy atom. The number of hydrazone groups is 1. The van der Waals surface area contributed by atoms with Gasteiger partial charge in [0, 0.05) is 17.7 Å². The molecule has 0 spiro atoms. The first-order valence-electron chi connectivity index (χ1n) is 9.99. The summed E-state index contributed by atoms with van der Waals surface area (Å²) >= 11 is 1.37. The first-order chi connectivity index (χ1) is 14.3. The number of anilines is 1. The molecule has 1 aliphatic carbocycles. The molecule has 0 fully saturated rings. The second-order valence-corrected chi connectivity index (χ2v) is 8.51. The van der Waals surface area contributed by atoms with E-state index in [9.17, 15) is 19.2 Å². The molecule has 2 aliphatic rings. The van der Waals surface area contributed by atoms with Gasteiger partial charge in [0.1, 0.15) is 10.7 Å². The van der Waals surface area contributed by atoms with Crippen molar-refractivity contribution in [1.82, 2.24) is 5.43 Å². The van der Waals surface area contributed by atoms with Crippen LogP contribution in [0.2, 0.25) is 0 Å². The lowest BCUT2D eigenvalue weighted by molar-refractivity contribution is -0.146. The summed E-state index contributed by atoms with van der Waals surface area (Å²) in [4.78, 5) is 49.6. The topological polar surface area (TPSA) is 123 Å². The number of carbonyl (C=O) groups is 4. The molecule has 2 amide bonds. The van der Waals surface area contributed by atoms with E-state index < -0.39 is 23.9 Å². The molecule has 2 heterocycles. The second-order valence-electron chi connectivity index (χ2n) is 7.41. The Balaban J connectivity index is 1.73. The van der Waals surface area contributed by atoms with Crippen LogP contribution in [0.4, 0.5) is 5.00 Å². The van der Waals surface area contributed by atoms with E-state index in [-0.39, 0.29) is 31.1 Å². The first kappa shape index (κ1) is 21.9. The summed E-state index contributed by atoms with van der Waals surface area (Å²) in [5, 5.41) is 6.82. The van der Waals surface area contributed by atoms with Crippen LogP contribution in [0.5, 0.6) is 0 Å². The van der Waals surface area contributed by atoms with Gasteiger partial charge in [-0.15, -0.1) is 11.3 Å². The molecule has 2 unspecified atom stereocenters. The third-order valence-corrected chi connectivity index (χ3v) is 6.19. The molecule has 1 aromatic rings. The second kappa shape index (κ2) is 9.38. The number of hydrogen-bond acceptors (Lipinski definition) is 8. The van der Waals surface area contributed by atoms with Gasteiger partial charge >= 0.3 is 11.9 Å². The molecule has 0 saturated heterocycles. The average molecular weight is 436 g/mol. The molecule has 0 saturated carbocycles. The lowest BCUT2D eigenvalue weighted by Crippen LogP contribution is -2.35. The largest absolute Gasteiger partial charge is 0.462 e. The molecule has 10 heteroatoms. The molecule has 3 rings (SSSR count). The molecule has 9 nitrogen and oxygen atoms in total. The molecule has 0 radical (unpaired) electrons. The van der Waals surface area contributed by atoms with Crippen molar-refractivity contribution in [2.75, 3.05) is 11.9 Å². The molecule has 1 aliphatic heterocycles. The predicted octanol–water partition coefficient (Wildman–Crippen LogP) is 2.19. The first-order valence-corrected chi connectivity index (χ1v) is 10.8. The number of nitrogens with zero attached hydrogens (tertiary/aromatic N) is 1. The fraction of sp³-hybridized carbons (Fsp3) is 0.550. The Kier molecular flexibility index (Phi) is 6.86. The Morgan fingerprint density at radius 3 is 2.70 bits per heavy atom. The maximum atomic E-state index is 12.6. The maximum absolute atomic E-state index is 12.6. The van der Waals surface area contributed by atoms with Crippen LogP contribution >= 0.6 is 11.3 Å². The van der Waals surface area contributed by atoms with Crippen molar-refractivity contribution < 1.29 is 28.7 Å². The number of thiophene rings is 1. The highest BCUT2D eigenvalue weighted by molar-refractivity contribution is 7.17. The van der Waals surface area contributed by atoms with Gasteiger partial charge in [-0.1, -0.05) is 6.92 Å². The standard InChI is InChI=1S/C20H25N3O6S/c1-4-28-20(27)16-12-6-5-10(2)9-14(12)30-18(16)21-17(25)11(3)29-19(26)13-7-8-15(24)23-22-13/h10-11H,4-9H2,1-3H3,(H,21,25)(H,23,24). The third-order valence-electron chi connectivity index (χ3n) is 5.02. The fourth-order valence-electron chi connectivity index (χ4n) is 3.37. The quantitative estimate of drug-likeness (QED) is 0.660. The zero-order valence-corrected chi connectivity index (χ0v) is 18.0. The van der Waals surface area contributed by atoms with Crippen LogP contribution in [0.15, 0.2) is 5.10 Å². The average Bonchev–Trinajstić information content (AvgIpc) is 3.05. The number of fused-ring (bicyclic) bond motifs is 1. The van der Waals surface area contributed by atoms with Crippen LogP contribution in [0.1, 0.15) is 60.8 Å². The van der Waals surface area contributed by atoms with Crippen LogP contribution in [-0.2, 0) is 36.7 Å². The minimum Gasteiger partial charge on any atom is -0.462 e. The number of carbonyl (C=O) groups excluding carboxylic acids is 4. The van der Waals surface area contributed by atoms with Crippen LogP contribution in [0, 0.1) is 5.92 Å². The van der Waals surface area contributed by atoms with Crippen molar-refractivity contribution in [1.29, 1.82) is 0 Å². The van der Waals surface area contributed by atoms with E-state index in [1.54, 1.807) is 6.92 Å². The number of esters is 2. The highest BCUT2D eigenvalue weighted by atomic mass is 32.1. The van der Waals surface area contributed by atoms with E-state index in [0.717, 1.165) is 29.7 Å². The van der Waals surface area contributed by atoms with Gasteiger partial charge < -0.3 is 14.8 Å². The van der Waals surface area contributed by atoms with Gasteiger partial charge in [0.25, 0.3) is 5.91 Å². The Bertz CT molecular complexity index is 907. The summed E-state index contributed by atoms with van der Waals surface area (Å²) in [6.45, 7) is 5.56. The van der Waals surface area contributed by atoms with Gasteiger partial charge in [0.15, 0.2) is 6.10 Å². The number of amides is 2. The fourth-order valence-corrected chi connectivity index (χ4v) is 4.78. The lowest BCUT2D eigenvalue weighted by atomic mass is 9.88. The molecule has 1 aromatic heterocycles. The highest BCUT2D eigenvalue weighted by Gasteiger charge is 2.31. The molecule has 2 atom stereocenters. The maximum Gasteiger partial charge on any atom is 0.355 e. The zero-order chi connectivity index (χ0) is 21.8. The van der Waals surface area contributed by atoms with Gasteiger partial charge in [0.2, 0.25) is 5.91 Å². The zero-order valence-electron chi connectivity index (χ0n) is 17.2. The molecule has 2 N–H and O–H groups in total. The molecule has 0 bridgehead atoms. The van der Waals surface area contributed by atoms with E-state index >= 15 is 0 Å². The Labute approximate surface area is 178 Å². The van der Waals surface area contributed by atoms with E-state index in [1.165, 1.54) is 18.3 Å². The number of rotatable bonds is 6. The van der Waals surface area contributed by atoms with Gasteiger partial charge in [-0.2, -0.15) is 5.10 Å². The normalized spacial score (nSPS) is 19.1. The van der Waals surface area contributed by atoms with E-state index in [0.29, 0.717) is 16.5 Å². The number of ether oxygens (including phenoxy) is 2. The molecular formula is C20H25N3O6S. The van der Waals surface area contributed by atoms with Crippen LogP contribution in [0.3, 0.4) is 0 Å². The van der Waals surface area contributed by atoms with Crippen molar-refractivity contribution in [3.63, 3.8) is 0 Å². The van der Waals surface area contributed by atoms with Crippen LogP contribution in [-0.4, -0.2) is 42.2 Å². The SMILES string of the molecule is CCOC(=O)c1c(NC(=O)C(C)OC(=O)C2=NNC(=O)CC2)sc2c1CCC(C)C2. The minimum atomic E-state index is -1.11. The van der Waals surface area contributed by atoms with Crippen LogP contribution in [0.25, 0.3) is 0 Å². The molecular weight excluding hydrogens is 410 g/mol. The van der Waals surface area contributed by atoms with Gasteiger partial charge in [-0.05, 0) is 44.6 Å². The highest BCUT2D eigenvalue weighted by Crippen LogP contribution is 2.40. The van der Waals surface area contributed by atoms with Crippen LogP contribution < -0.4 is 10.7 Å². The third kappa shape index (κ3) is 4.86. The number of nitrogens with one attached hydrogen (secondary N) is 2. The van der Waals surface area contributed by atoms with E-state index in [1.807, 2.05) is 0 Å². The van der Waals surface area contributed by atoms with Gasteiger partial charge in [-0.3, -0.25) is 9.59 Å². The number of hydrogen-bond donors (Lipinski definition) is 2. The predicted molar refractivity (Wildman–Crippen MR) is 110 cm³/mol. The Hall–Kier alpha value is -2.75. The summed E-state index contributed by atoms with van der Waals surface area (Å²) in [5.74, 6) is -1.55. The summed E-state index contributed by atoms with van der Waals surface area (Å²) in [5.41, 5.74) is 3.61. The smallest absolute Gasteiger partial charge is 0.355 e. The monoisotopic (exact) mass is 435 g/mol. The summed E-state index contributed by atoms with van der Waals surface area (Å²) < 4.78 is 10.4. The van der Waals surface area contributed by atoms with Crippen molar-refractivity contribution in [3.8, 4) is 0 Å². The van der Waals surface area contributed by atoms with E-state index in [4.69, 9.17) is 9.47 Å². The molecule has 0 aromatic carbocycles.